The third kappa shape index (κ3) is 3.61. The summed E-state index contributed by atoms with van der Waals surface area (Å²) >= 11 is 0. The van der Waals surface area contributed by atoms with Crippen molar-refractivity contribution >= 4 is 17.4 Å². The van der Waals surface area contributed by atoms with Crippen molar-refractivity contribution in [3.05, 3.63) is 52.6 Å². The number of pyridine rings is 1. The van der Waals surface area contributed by atoms with Gasteiger partial charge in [-0.25, -0.2) is 0 Å². The molecular formula is C21H25N5O4. The number of ether oxygens (including phenoxy) is 1. The second-order valence-electron chi connectivity index (χ2n) is 7.51. The first-order valence-electron chi connectivity index (χ1n) is 10.0. The van der Waals surface area contributed by atoms with Gasteiger partial charge >= 0.3 is 0 Å². The Morgan fingerprint density at radius 2 is 2.00 bits per heavy atom. The number of aromatic nitrogens is 3. The van der Waals surface area contributed by atoms with Crippen LogP contribution in [0.3, 0.4) is 0 Å². The third-order valence-electron chi connectivity index (χ3n) is 5.63. The number of aryl methyl sites for hydroxylation is 2. The molecule has 4 rings (SSSR count). The van der Waals surface area contributed by atoms with Crippen LogP contribution in [0.2, 0.25) is 0 Å². The molecule has 9 heteroatoms. The minimum atomic E-state index is -0.749. The Morgan fingerprint density at radius 3 is 2.63 bits per heavy atom. The zero-order valence-corrected chi connectivity index (χ0v) is 17.1. The second-order valence-corrected chi connectivity index (χ2v) is 7.51. The number of hydrogen-bond donors (Lipinski definition) is 2. The average molecular weight is 411 g/mol. The number of nitrogens with zero attached hydrogens (tertiary/aromatic N) is 4. The highest BCUT2D eigenvalue weighted by atomic mass is 16.5. The first-order valence-corrected chi connectivity index (χ1v) is 10.0. The molecule has 0 aliphatic carbocycles. The Hall–Kier alpha value is -3.04. The van der Waals surface area contributed by atoms with E-state index in [4.69, 9.17) is 4.74 Å². The van der Waals surface area contributed by atoms with Crippen molar-refractivity contribution in [2.45, 2.75) is 19.9 Å². The summed E-state index contributed by atoms with van der Waals surface area (Å²) in [5.74, 6) is -1.55. The van der Waals surface area contributed by atoms with Crippen molar-refractivity contribution in [2.75, 3.05) is 39.4 Å². The Kier molecular flexibility index (Phi) is 5.65. The van der Waals surface area contributed by atoms with Gasteiger partial charge in [-0.05, 0) is 26.0 Å². The van der Waals surface area contributed by atoms with Crippen LogP contribution in [0.15, 0.2) is 30.0 Å². The number of amides is 1. The van der Waals surface area contributed by atoms with Gasteiger partial charge in [0.15, 0.2) is 0 Å². The molecule has 1 amide bonds. The van der Waals surface area contributed by atoms with Crippen LogP contribution >= 0.6 is 0 Å². The van der Waals surface area contributed by atoms with Crippen molar-refractivity contribution in [2.24, 2.45) is 0 Å². The smallest absolute Gasteiger partial charge is 0.295 e. The maximum atomic E-state index is 13.0. The summed E-state index contributed by atoms with van der Waals surface area (Å²) in [4.78, 5) is 34.1. The lowest BCUT2D eigenvalue weighted by Crippen LogP contribution is -2.42. The standard InChI is InChI=1S/C21H25N5O4/c1-13-16(14(2)24-23-13)19(27)17-18(15-5-3-4-6-22-15)26(21(29)20(17)28)8-7-25-9-11-30-12-10-25/h3-6,18,27H,7-12H2,1-2H3,(H,23,24)/b19-17+/t18-/m1/s1. The summed E-state index contributed by atoms with van der Waals surface area (Å²) < 4.78 is 5.38. The maximum Gasteiger partial charge on any atom is 0.295 e. The zero-order chi connectivity index (χ0) is 21.3. The van der Waals surface area contributed by atoms with E-state index < -0.39 is 17.7 Å². The fourth-order valence-electron chi connectivity index (χ4n) is 4.06. The van der Waals surface area contributed by atoms with Crippen LogP contribution in [-0.4, -0.2) is 81.2 Å². The van der Waals surface area contributed by atoms with Crippen LogP contribution in [0.1, 0.15) is 28.7 Å². The number of aromatic amines is 1. The van der Waals surface area contributed by atoms with Crippen molar-refractivity contribution in [3.63, 3.8) is 0 Å². The first kappa shape index (κ1) is 20.2. The molecule has 9 nitrogen and oxygen atoms in total. The van der Waals surface area contributed by atoms with E-state index in [9.17, 15) is 14.7 Å². The van der Waals surface area contributed by atoms with E-state index >= 15 is 0 Å². The van der Waals surface area contributed by atoms with Crippen molar-refractivity contribution in [1.29, 1.82) is 0 Å². The van der Waals surface area contributed by atoms with Gasteiger partial charge in [0, 0.05) is 38.1 Å². The van der Waals surface area contributed by atoms with E-state index in [2.05, 4.69) is 20.1 Å². The molecule has 0 radical (unpaired) electrons. The van der Waals surface area contributed by atoms with Gasteiger partial charge in [0.05, 0.1) is 35.7 Å². The van der Waals surface area contributed by atoms with Crippen LogP contribution in [-0.2, 0) is 14.3 Å². The molecular weight excluding hydrogens is 386 g/mol. The van der Waals surface area contributed by atoms with Crippen LogP contribution in [0.5, 0.6) is 0 Å². The number of rotatable bonds is 5. The minimum absolute atomic E-state index is 0.0493. The number of carbonyl (C=O) groups is 2. The summed E-state index contributed by atoms with van der Waals surface area (Å²) in [5.41, 5.74) is 2.22. The van der Waals surface area contributed by atoms with Crippen LogP contribution in [0, 0.1) is 13.8 Å². The minimum Gasteiger partial charge on any atom is -0.507 e. The summed E-state index contributed by atoms with van der Waals surface area (Å²) in [6.45, 7) is 7.35. The summed E-state index contributed by atoms with van der Waals surface area (Å²) in [5, 5.41) is 18.0. The highest BCUT2D eigenvalue weighted by Crippen LogP contribution is 2.39. The molecule has 2 aromatic heterocycles. The Morgan fingerprint density at radius 1 is 1.23 bits per heavy atom. The monoisotopic (exact) mass is 411 g/mol. The lowest BCUT2D eigenvalue weighted by molar-refractivity contribution is -0.140. The molecule has 2 aromatic rings. The number of ketones is 1. The number of morpholine rings is 1. The highest BCUT2D eigenvalue weighted by Gasteiger charge is 2.47. The first-order chi connectivity index (χ1) is 14.5. The van der Waals surface area contributed by atoms with E-state index in [1.165, 1.54) is 4.90 Å². The number of Topliss-reactive ketones (excluding diaryl/α,β-unsaturated/α-hetero) is 1. The summed E-state index contributed by atoms with van der Waals surface area (Å²) in [6, 6.07) is 4.59. The molecule has 1 atom stereocenters. The van der Waals surface area contributed by atoms with Crippen molar-refractivity contribution < 1.29 is 19.4 Å². The molecule has 2 aliphatic rings. The van der Waals surface area contributed by atoms with Crippen LogP contribution in [0.4, 0.5) is 0 Å². The normalized spacial score (nSPS) is 22.1. The fraction of sp³-hybridized carbons (Fsp3) is 0.429. The Bertz CT molecular complexity index is 959. The van der Waals surface area contributed by atoms with E-state index in [-0.39, 0.29) is 11.3 Å². The van der Waals surface area contributed by atoms with Gasteiger partial charge < -0.3 is 14.7 Å². The van der Waals surface area contributed by atoms with Crippen molar-refractivity contribution in [1.82, 2.24) is 25.0 Å². The van der Waals surface area contributed by atoms with E-state index in [1.54, 1.807) is 38.2 Å². The van der Waals surface area contributed by atoms with E-state index in [1.807, 2.05) is 0 Å². The van der Waals surface area contributed by atoms with Gasteiger partial charge in [0.1, 0.15) is 11.8 Å². The lowest BCUT2D eigenvalue weighted by atomic mass is 9.97. The van der Waals surface area contributed by atoms with E-state index in [0.717, 1.165) is 13.1 Å². The number of aliphatic hydroxyl groups excluding tert-OH is 1. The molecule has 2 aliphatic heterocycles. The molecule has 158 valence electrons. The van der Waals surface area contributed by atoms with Gasteiger partial charge in [-0.3, -0.25) is 24.6 Å². The average Bonchev–Trinajstić information content (AvgIpc) is 3.23. The van der Waals surface area contributed by atoms with Gasteiger partial charge in [-0.15, -0.1) is 0 Å². The van der Waals surface area contributed by atoms with E-state index in [0.29, 0.717) is 48.9 Å². The Balaban J connectivity index is 1.74. The largest absolute Gasteiger partial charge is 0.507 e. The molecule has 2 saturated heterocycles. The molecule has 0 spiro atoms. The molecule has 2 fully saturated rings. The molecule has 4 heterocycles. The fourth-order valence-corrected chi connectivity index (χ4v) is 4.06. The van der Waals surface area contributed by atoms with Crippen LogP contribution < -0.4 is 0 Å². The SMILES string of the molecule is Cc1n[nH]c(C)c1/C(O)=C1\C(=O)C(=O)N(CCN2CCOCC2)[C@@H]1c1ccccn1. The topological polar surface area (TPSA) is 112 Å². The highest BCUT2D eigenvalue weighted by molar-refractivity contribution is 6.46. The predicted molar refractivity (Wildman–Crippen MR) is 109 cm³/mol. The zero-order valence-electron chi connectivity index (χ0n) is 17.1. The molecule has 0 unspecified atom stereocenters. The second kappa shape index (κ2) is 8.37. The van der Waals surface area contributed by atoms with Gasteiger partial charge in [-0.2, -0.15) is 5.10 Å². The number of aliphatic hydroxyl groups is 1. The van der Waals surface area contributed by atoms with Gasteiger partial charge in [0.2, 0.25) is 0 Å². The van der Waals surface area contributed by atoms with Gasteiger partial charge in [-0.1, -0.05) is 6.07 Å². The number of carbonyl (C=O) groups excluding carboxylic acids is 2. The molecule has 30 heavy (non-hydrogen) atoms. The predicted octanol–water partition coefficient (Wildman–Crippen LogP) is 1.18. The molecule has 0 saturated carbocycles. The lowest BCUT2D eigenvalue weighted by Gasteiger charge is -2.30. The summed E-state index contributed by atoms with van der Waals surface area (Å²) in [7, 11) is 0. The summed E-state index contributed by atoms with van der Waals surface area (Å²) in [6.07, 6.45) is 1.62. The molecule has 0 bridgehead atoms. The number of nitrogens with one attached hydrogen (secondary N) is 1. The molecule has 2 N–H and O–H groups in total. The number of likely N-dealkylation sites (tertiary alicyclic amines) is 1. The van der Waals surface area contributed by atoms with Crippen LogP contribution in [0.25, 0.3) is 5.76 Å². The van der Waals surface area contributed by atoms with Gasteiger partial charge in [0.25, 0.3) is 11.7 Å². The quantitative estimate of drug-likeness (QED) is 0.432. The molecule has 0 aromatic carbocycles. The number of hydrogen-bond acceptors (Lipinski definition) is 7. The number of H-pyrrole nitrogens is 1. The third-order valence-corrected chi connectivity index (χ3v) is 5.63. The Labute approximate surface area is 174 Å². The van der Waals surface area contributed by atoms with Crippen molar-refractivity contribution in [3.8, 4) is 0 Å². The maximum absolute atomic E-state index is 13.0.